The highest BCUT2D eigenvalue weighted by Gasteiger charge is 2.22. The van der Waals surface area contributed by atoms with E-state index in [0.29, 0.717) is 6.04 Å². The van der Waals surface area contributed by atoms with Gasteiger partial charge in [-0.2, -0.15) is 0 Å². The quantitative estimate of drug-likeness (QED) is 0.853. The number of benzene rings is 1. The predicted octanol–water partition coefficient (Wildman–Crippen LogP) is 3.84. The highest BCUT2D eigenvalue weighted by Crippen LogP contribution is 2.35. The molecule has 0 spiro atoms. The Kier molecular flexibility index (Phi) is 4.65. The Balaban J connectivity index is 2.15. The zero-order valence-corrected chi connectivity index (χ0v) is 11.8. The Bertz CT molecular complexity index is 383. The van der Waals surface area contributed by atoms with Gasteiger partial charge in [-0.15, -0.1) is 0 Å². The van der Waals surface area contributed by atoms with Gasteiger partial charge in [0.2, 0.25) is 0 Å². The fourth-order valence-electron chi connectivity index (χ4n) is 3.09. The zero-order valence-electron chi connectivity index (χ0n) is 11.8. The summed E-state index contributed by atoms with van der Waals surface area (Å²) in [6.07, 6.45) is 6.84. The minimum absolute atomic E-state index is 0.420. The van der Waals surface area contributed by atoms with E-state index in [4.69, 9.17) is 4.74 Å². The number of methoxy groups -OCH3 is 1. The molecule has 1 fully saturated rings. The molecule has 2 heteroatoms. The Morgan fingerprint density at radius 2 is 2.06 bits per heavy atom. The summed E-state index contributed by atoms with van der Waals surface area (Å²) >= 11 is 0. The Hall–Kier alpha value is -1.02. The first-order valence-electron chi connectivity index (χ1n) is 7.06. The van der Waals surface area contributed by atoms with E-state index in [1.54, 1.807) is 7.11 Å². The summed E-state index contributed by atoms with van der Waals surface area (Å²) in [5.74, 6) is 1.90. The SMILES string of the molecule is CNC(CC1CCCC1)c1ccc(C)cc1OC. The van der Waals surface area contributed by atoms with Crippen molar-refractivity contribution >= 4 is 0 Å². The summed E-state index contributed by atoms with van der Waals surface area (Å²) in [6.45, 7) is 2.11. The first-order chi connectivity index (χ1) is 8.74. The lowest BCUT2D eigenvalue weighted by Gasteiger charge is -2.22. The maximum atomic E-state index is 5.53. The molecule has 0 amide bonds. The number of nitrogens with one attached hydrogen (secondary N) is 1. The molecule has 0 bridgehead atoms. The molecular weight excluding hydrogens is 222 g/mol. The highest BCUT2D eigenvalue weighted by molar-refractivity contribution is 5.39. The molecular formula is C16H25NO. The third kappa shape index (κ3) is 3.05. The van der Waals surface area contributed by atoms with Crippen LogP contribution in [0.3, 0.4) is 0 Å². The van der Waals surface area contributed by atoms with Gasteiger partial charge < -0.3 is 10.1 Å². The van der Waals surface area contributed by atoms with Crippen molar-refractivity contribution in [3.63, 3.8) is 0 Å². The van der Waals surface area contributed by atoms with Gasteiger partial charge in [0, 0.05) is 11.6 Å². The van der Waals surface area contributed by atoms with Crippen molar-refractivity contribution in [3.8, 4) is 5.75 Å². The number of hydrogen-bond acceptors (Lipinski definition) is 2. The number of rotatable bonds is 5. The maximum Gasteiger partial charge on any atom is 0.123 e. The predicted molar refractivity (Wildman–Crippen MR) is 76.1 cm³/mol. The van der Waals surface area contributed by atoms with E-state index < -0.39 is 0 Å². The monoisotopic (exact) mass is 247 g/mol. The van der Waals surface area contributed by atoms with Crippen LogP contribution in [-0.2, 0) is 0 Å². The van der Waals surface area contributed by atoms with Crippen LogP contribution in [0.2, 0.25) is 0 Å². The topological polar surface area (TPSA) is 21.3 Å². The molecule has 100 valence electrons. The van der Waals surface area contributed by atoms with Gasteiger partial charge >= 0.3 is 0 Å². The first-order valence-corrected chi connectivity index (χ1v) is 7.06. The van der Waals surface area contributed by atoms with Gasteiger partial charge in [-0.3, -0.25) is 0 Å². The van der Waals surface area contributed by atoms with Crippen LogP contribution in [0.25, 0.3) is 0 Å². The molecule has 1 aromatic rings. The van der Waals surface area contributed by atoms with E-state index in [1.165, 1.54) is 43.2 Å². The molecule has 18 heavy (non-hydrogen) atoms. The molecule has 1 N–H and O–H groups in total. The average molecular weight is 247 g/mol. The molecule has 1 atom stereocenters. The van der Waals surface area contributed by atoms with Crippen LogP contribution in [0.4, 0.5) is 0 Å². The molecule has 2 nitrogen and oxygen atoms in total. The van der Waals surface area contributed by atoms with Crippen molar-refractivity contribution in [2.75, 3.05) is 14.2 Å². The van der Waals surface area contributed by atoms with E-state index in [0.717, 1.165) is 11.7 Å². The maximum absolute atomic E-state index is 5.53. The van der Waals surface area contributed by atoms with Gasteiger partial charge in [0.05, 0.1) is 7.11 Å². The average Bonchev–Trinajstić information content (AvgIpc) is 2.89. The summed E-state index contributed by atoms with van der Waals surface area (Å²) in [6, 6.07) is 6.94. The molecule has 0 saturated heterocycles. The second-order valence-electron chi connectivity index (χ2n) is 5.47. The van der Waals surface area contributed by atoms with Crippen molar-refractivity contribution in [2.45, 2.75) is 45.1 Å². The van der Waals surface area contributed by atoms with Gasteiger partial charge in [-0.25, -0.2) is 0 Å². The van der Waals surface area contributed by atoms with Gasteiger partial charge in [-0.05, 0) is 37.9 Å². The fourth-order valence-corrected chi connectivity index (χ4v) is 3.09. The standard InChI is InChI=1S/C16H25NO/c1-12-8-9-14(16(10-12)18-3)15(17-2)11-13-6-4-5-7-13/h8-10,13,15,17H,4-7,11H2,1-3H3. The van der Waals surface area contributed by atoms with E-state index in [9.17, 15) is 0 Å². The smallest absolute Gasteiger partial charge is 0.123 e. The van der Waals surface area contributed by atoms with E-state index in [-0.39, 0.29) is 0 Å². The summed E-state index contributed by atoms with van der Waals surface area (Å²) < 4.78 is 5.53. The number of aryl methyl sites for hydroxylation is 1. The number of hydrogen-bond donors (Lipinski definition) is 1. The van der Waals surface area contributed by atoms with Gasteiger partial charge in [0.15, 0.2) is 0 Å². The van der Waals surface area contributed by atoms with E-state index >= 15 is 0 Å². The summed E-state index contributed by atoms with van der Waals surface area (Å²) in [7, 11) is 3.82. The number of ether oxygens (including phenoxy) is 1. The van der Waals surface area contributed by atoms with Crippen molar-refractivity contribution in [1.29, 1.82) is 0 Å². The lowest BCUT2D eigenvalue weighted by atomic mass is 9.92. The third-order valence-electron chi connectivity index (χ3n) is 4.16. The van der Waals surface area contributed by atoms with Crippen LogP contribution < -0.4 is 10.1 Å². The van der Waals surface area contributed by atoms with Crippen LogP contribution in [0, 0.1) is 12.8 Å². The van der Waals surface area contributed by atoms with Crippen LogP contribution in [0.1, 0.15) is 49.3 Å². The molecule has 1 aliphatic carbocycles. The largest absolute Gasteiger partial charge is 0.496 e. The fraction of sp³-hybridized carbons (Fsp3) is 0.625. The highest BCUT2D eigenvalue weighted by atomic mass is 16.5. The second-order valence-corrected chi connectivity index (χ2v) is 5.47. The summed E-state index contributed by atoms with van der Waals surface area (Å²) in [5.41, 5.74) is 2.56. The van der Waals surface area contributed by atoms with Crippen molar-refractivity contribution in [1.82, 2.24) is 5.32 Å². The molecule has 2 rings (SSSR count). The van der Waals surface area contributed by atoms with Crippen LogP contribution >= 0.6 is 0 Å². The Morgan fingerprint density at radius 1 is 1.33 bits per heavy atom. The van der Waals surface area contributed by atoms with Gasteiger partial charge in [0.1, 0.15) is 5.75 Å². The summed E-state index contributed by atoms with van der Waals surface area (Å²) in [4.78, 5) is 0. The van der Waals surface area contributed by atoms with Gasteiger partial charge in [-0.1, -0.05) is 37.8 Å². The molecule has 0 heterocycles. The van der Waals surface area contributed by atoms with E-state index in [1.807, 2.05) is 0 Å². The van der Waals surface area contributed by atoms with Gasteiger partial charge in [0.25, 0.3) is 0 Å². The molecule has 1 aliphatic rings. The lowest BCUT2D eigenvalue weighted by molar-refractivity contribution is 0.377. The summed E-state index contributed by atoms with van der Waals surface area (Å²) in [5, 5.41) is 3.46. The second kappa shape index (κ2) is 6.24. The third-order valence-corrected chi connectivity index (χ3v) is 4.16. The minimum Gasteiger partial charge on any atom is -0.496 e. The molecule has 1 unspecified atom stereocenters. The van der Waals surface area contributed by atoms with Crippen LogP contribution in [-0.4, -0.2) is 14.2 Å². The Labute approximate surface area is 111 Å². The van der Waals surface area contributed by atoms with Crippen molar-refractivity contribution in [3.05, 3.63) is 29.3 Å². The molecule has 1 saturated carbocycles. The molecule has 0 aliphatic heterocycles. The van der Waals surface area contributed by atoms with Crippen molar-refractivity contribution in [2.24, 2.45) is 5.92 Å². The Morgan fingerprint density at radius 3 is 2.67 bits per heavy atom. The van der Waals surface area contributed by atoms with Crippen molar-refractivity contribution < 1.29 is 4.74 Å². The minimum atomic E-state index is 0.420. The first kappa shape index (κ1) is 13.4. The normalized spacial score (nSPS) is 17.9. The zero-order chi connectivity index (χ0) is 13.0. The van der Waals surface area contributed by atoms with Crippen LogP contribution in [0.5, 0.6) is 5.75 Å². The van der Waals surface area contributed by atoms with Crippen LogP contribution in [0.15, 0.2) is 18.2 Å². The lowest BCUT2D eigenvalue weighted by Crippen LogP contribution is -2.19. The molecule has 0 radical (unpaired) electrons. The molecule has 1 aromatic carbocycles. The molecule has 0 aromatic heterocycles. The van der Waals surface area contributed by atoms with E-state index in [2.05, 4.69) is 37.5 Å².